The van der Waals surface area contributed by atoms with E-state index in [2.05, 4.69) is 14.7 Å². The van der Waals surface area contributed by atoms with Crippen molar-refractivity contribution >= 4 is 35.2 Å². The molecule has 0 bridgehead atoms. The molecule has 0 saturated carbocycles. The summed E-state index contributed by atoms with van der Waals surface area (Å²) < 4.78 is 18.1. The summed E-state index contributed by atoms with van der Waals surface area (Å²) in [5.74, 6) is -2.36. The van der Waals surface area contributed by atoms with Crippen LogP contribution in [0.1, 0.15) is 10.4 Å². The van der Waals surface area contributed by atoms with E-state index in [9.17, 15) is 9.18 Å². The van der Waals surface area contributed by atoms with Crippen molar-refractivity contribution in [3.8, 4) is 0 Å². The van der Waals surface area contributed by atoms with Crippen molar-refractivity contribution in [3.63, 3.8) is 0 Å². The Morgan fingerprint density at radius 3 is 2.47 bits per heavy atom. The molecule has 0 aromatic heterocycles. The average Bonchev–Trinajstić information content (AvgIpc) is 2.26. The van der Waals surface area contributed by atoms with Crippen molar-refractivity contribution in [2.24, 2.45) is 27.2 Å². The van der Waals surface area contributed by atoms with E-state index in [-0.39, 0.29) is 28.2 Å². The van der Waals surface area contributed by atoms with Crippen molar-refractivity contribution in [2.45, 2.75) is 0 Å². The molecule has 7 nitrogen and oxygen atoms in total. The number of methoxy groups -OCH3 is 1. The molecule has 0 radical (unpaired) electrons. The Bertz CT molecular complexity index is 546. The third-order valence-electron chi connectivity index (χ3n) is 1.90. The Balaban J connectivity index is 3.22. The molecule has 0 spiro atoms. The second-order valence-electron chi connectivity index (χ2n) is 3.28. The summed E-state index contributed by atoms with van der Waals surface area (Å²) in [6, 6.07) is 2.18. The number of aliphatic imine (C=N–C) groups is 2. The number of nitrogens with zero attached hydrogens (tertiary/aromatic N) is 2. The molecular formula is C10H11ClFN5O2. The van der Waals surface area contributed by atoms with E-state index in [1.54, 1.807) is 0 Å². The molecular weight excluding hydrogens is 277 g/mol. The topological polar surface area (TPSA) is 129 Å². The summed E-state index contributed by atoms with van der Waals surface area (Å²) in [7, 11) is 1.11. The smallest absolute Gasteiger partial charge is 0.342 e. The highest BCUT2D eigenvalue weighted by Crippen LogP contribution is 2.26. The van der Waals surface area contributed by atoms with Gasteiger partial charge in [-0.25, -0.2) is 14.2 Å². The number of esters is 1. The third-order valence-corrected chi connectivity index (χ3v) is 2.20. The highest BCUT2D eigenvalue weighted by molar-refractivity contribution is 6.33. The maximum Gasteiger partial charge on any atom is 0.342 e. The van der Waals surface area contributed by atoms with Crippen molar-refractivity contribution in [1.82, 2.24) is 0 Å². The lowest BCUT2D eigenvalue weighted by Gasteiger charge is -2.05. The van der Waals surface area contributed by atoms with Gasteiger partial charge in [-0.05, 0) is 6.07 Å². The number of rotatable bonds is 2. The maximum atomic E-state index is 13.7. The van der Waals surface area contributed by atoms with E-state index in [0.29, 0.717) is 0 Å². The van der Waals surface area contributed by atoms with Crippen LogP contribution in [0.3, 0.4) is 0 Å². The first-order chi connectivity index (χ1) is 8.85. The van der Waals surface area contributed by atoms with Crippen LogP contribution in [-0.4, -0.2) is 25.0 Å². The van der Waals surface area contributed by atoms with Crippen molar-refractivity contribution in [2.75, 3.05) is 7.11 Å². The lowest BCUT2D eigenvalue weighted by Crippen LogP contribution is -2.26. The maximum absolute atomic E-state index is 13.7. The molecule has 6 N–H and O–H groups in total. The number of carbonyl (C=O) groups excluding carboxylic acids is 1. The van der Waals surface area contributed by atoms with E-state index in [4.69, 9.17) is 28.8 Å². The number of carbonyl (C=O) groups is 1. The number of nitrogens with two attached hydrogens (primary N) is 3. The van der Waals surface area contributed by atoms with Crippen molar-refractivity contribution in [3.05, 3.63) is 28.5 Å². The van der Waals surface area contributed by atoms with Gasteiger partial charge in [0.05, 0.1) is 17.8 Å². The largest absolute Gasteiger partial charge is 0.465 e. The van der Waals surface area contributed by atoms with E-state index >= 15 is 0 Å². The SMILES string of the molecule is COC(=O)c1c(F)cc(N=C(N)N=C(N)N)cc1Cl. The molecule has 0 aliphatic rings. The quantitative estimate of drug-likeness (QED) is 0.414. The molecule has 0 amide bonds. The Morgan fingerprint density at radius 1 is 1.37 bits per heavy atom. The van der Waals surface area contributed by atoms with Crippen molar-refractivity contribution in [1.29, 1.82) is 0 Å². The molecule has 0 unspecified atom stereocenters. The number of hydrogen-bond acceptors (Lipinski definition) is 3. The minimum Gasteiger partial charge on any atom is -0.465 e. The van der Waals surface area contributed by atoms with Gasteiger partial charge in [-0.15, -0.1) is 0 Å². The first-order valence-corrected chi connectivity index (χ1v) is 5.24. The predicted molar refractivity (Wildman–Crippen MR) is 69.8 cm³/mol. The van der Waals surface area contributed by atoms with Crippen molar-refractivity contribution < 1.29 is 13.9 Å². The van der Waals surface area contributed by atoms with Crippen LogP contribution >= 0.6 is 11.6 Å². The van der Waals surface area contributed by atoms with Gasteiger partial charge in [-0.3, -0.25) is 0 Å². The van der Waals surface area contributed by atoms with Gasteiger partial charge in [-0.1, -0.05) is 11.6 Å². The fraction of sp³-hybridized carbons (Fsp3) is 0.100. The Morgan fingerprint density at radius 2 is 2.00 bits per heavy atom. The Labute approximate surface area is 112 Å². The van der Waals surface area contributed by atoms with Gasteiger partial charge < -0.3 is 21.9 Å². The number of ether oxygens (including phenoxy) is 1. The highest BCUT2D eigenvalue weighted by atomic mass is 35.5. The summed E-state index contributed by atoms with van der Waals surface area (Å²) in [5, 5.41) is -0.164. The van der Waals surface area contributed by atoms with Gasteiger partial charge in [0, 0.05) is 6.07 Å². The molecule has 1 rings (SSSR count). The van der Waals surface area contributed by atoms with Crippen LogP contribution in [0, 0.1) is 5.82 Å². The Kier molecular flexibility index (Phi) is 4.65. The normalized spacial score (nSPS) is 11.0. The number of hydrogen-bond donors (Lipinski definition) is 3. The van der Waals surface area contributed by atoms with Gasteiger partial charge in [0.2, 0.25) is 5.96 Å². The molecule has 102 valence electrons. The average molecular weight is 288 g/mol. The first-order valence-electron chi connectivity index (χ1n) is 4.86. The number of benzene rings is 1. The zero-order chi connectivity index (χ0) is 14.6. The van der Waals surface area contributed by atoms with Crippen LogP contribution in [0.25, 0.3) is 0 Å². The molecule has 0 saturated heterocycles. The van der Waals surface area contributed by atoms with Gasteiger partial charge in [0.1, 0.15) is 11.4 Å². The minimum atomic E-state index is -0.893. The fourth-order valence-electron chi connectivity index (χ4n) is 1.21. The fourth-order valence-corrected chi connectivity index (χ4v) is 1.49. The lowest BCUT2D eigenvalue weighted by atomic mass is 10.2. The van der Waals surface area contributed by atoms with Crippen LogP contribution in [0.5, 0.6) is 0 Å². The summed E-state index contributed by atoms with van der Waals surface area (Å²) in [5.41, 5.74) is 15.2. The molecule has 1 aromatic rings. The van der Waals surface area contributed by atoms with Crippen LogP contribution in [0.15, 0.2) is 22.1 Å². The van der Waals surface area contributed by atoms with Crippen LogP contribution in [0.4, 0.5) is 10.1 Å². The molecule has 0 atom stereocenters. The predicted octanol–water partition coefficient (Wildman–Crippen LogP) is 0.485. The summed E-state index contributed by atoms with van der Waals surface area (Å²) in [6.07, 6.45) is 0. The molecule has 1 aromatic carbocycles. The molecule has 0 fully saturated rings. The standard InChI is InChI=1S/C10H11ClFN5O2/c1-19-8(18)7-5(11)2-4(3-6(7)12)16-10(15)17-9(13)14/h2-3H,1H3,(H6,13,14,15,16,17). The molecule has 0 aliphatic carbocycles. The molecule has 9 heteroatoms. The van der Waals surface area contributed by atoms with E-state index < -0.39 is 11.8 Å². The van der Waals surface area contributed by atoms with Gasteiger partial charge in [-0.2, -0.15) is 4.99 Å². The number of halogens is 2. The monoisotopic (exact) mass is 287 g/mol. The first kappa shape index (κ1) is 14.7. The third kappa shape index (κ3) is 3.81. The van der Waals surface area contributed by atoms with Gasteiger partial charge in [0.25, 0.3) is 0 Å². The van der Waals surface area contributed by atoms with Crippen LogP contribution in [0.2, 0.25) is 5.02 Å². The zero-order valence-electron chi connectivity index (χ0n) is 9.85. The Hall–Kier alpha value is -2.35. The molecule has 0 heterocycles. The molecule has 0 aliphatic heterocycles. The summed E-state index contributed by atoms with van der Waals surface area (Å²) >= 11 is 5.76. The summed E-state index contributed by atoms with van der Waals surface area (Å²) in [4.78, 5) is 18.4. The van der Waals surface area contributed by atoms with E-state index in [1.807, 2.05) is 0 Å². The number of guanidine groups is 2. The lowest BCUT2D eigenvalue weighted by molar-refractivity contribution is 0.0596. The second-order valence-corrected chi connectivity index (χ2v) is 3.69. The van der Waals surface area contributed by atoms with Gasteiger partial charge >= 0.3 is 5.97 Å². The highest BCUT2D eigenvalue weighted by Gasteiger charge is 2.17. The second kappa shape index (κ2) is 6.01. The van der Waals surface area contributed by atoms with Gasteiger partial charge in [0.15, 0.2) is 5.96 Å². The molecule has 19 heavy (non-hydrogen) atoms. The van der Waals surface area contributed by atoms with Crippen LogP contribution in [-0.2, 0) is 4.74 Å². The van der Waals surface area contributed by atoms with E-state index in [0.717, 1.165) is 13.2 Å². The minimum absolute atomic E-state index is 0.0534. The van der Waals surface area contributed by atoms with Crippen LogP contribution < -0.4 is 17.2 Å². The zero-order valence-corrected chi connectivity index (χ0v) is 10.6. The summed E-state index contributed by atoms with van der Waals surface area (Å²) in [6.45, 7) is 0. The van der Waals surface area contributed by atoms with E-state index in [1.165, 1.54) is 6.07 Å².